The van der Waals surface area contributed by atoms with Crippen LogP contribution in [0.5, 0.6) is 0 Å². The zero-order chi connectivity index (χ0) is 30.6. The van der Waals surface area contributed by atoms with E-state index in [9.17, 15) is 19.2 Å². The first-order valence-electron chi connectivity index (χ1n) is 13.8. The van der Waals surface area contributed by atoms with E-state index < -0.39 is 29.4 Å². The molecule has 224 valence electrons. The van der Waals surface area contributed by atoms with Gasteiger partial charge in [-0.3, -0.25) is 4.79 Å². The minimum Gasteiger partial charge on any atom is -0.478 e. The van der Waals surface area contributed by atoms with Crippen molar-refractivity contribution in [2.45, 2.75) is 85.1 Å². The van der Waals surface area contributed by atoms with Gasteiger partial charge >= 0.3 is 18.2 Å². The van der Waals surface area contributed by atoms with Gasteiger partial charge < -0.3 is 30.1 Å². The molecule has 0 saturated carbocycles. The average molecular weight is 570 g/mol. The number of alkyl carbamates (subject to hydrolysis) is 2. The number of likely N-dealkylation sites (tertiary alicyclic amines) is 1. The lowest BCUT2D eigenvalue weighted by Gasteiger charge is -2.26. The fraction of sp³-hybridized carbons (Fsp3) is 0.484. The summed E-state index contributed by atoms with van der Waals surface area (Å²) in [4.78, 5) is 47.9. The standard InChI is InChI=1S/C18H26N2O3.C13H17NO4/c1-18(2,3)23-17(22)19-13-14-7-9-15(10-8-14)16(21)20-11-5-4-6-12-20;1-13(2,3)18-12(17)14-8-9-4-6-10(7-5-9)11(15)16/h7-10H,4-6,11-13H2,1-3H3,(H,19,22);4-7H,8H2,1-3H3,(H,14,17)(H,15,16). The summed E-state index contributed by atoms with van der Waals surface area (Å²) >= 11 is 0. The summed E-state index contributed by atoms with van der Waals surface area (Å²) in [5.41, 5.74) is 1.63. The fourth-order valence-electron chi connectivity index (χ4n) is 3.79. The zero-order valence-electron chi connectivity index (χ0n) is 24.9. The van der Waals surface area contributed by atoms with Gasteiger partial charge in [-0.05, 0) is 96.2 Å². The summed E-state index contributed by atoms with van der Waals surface area (Å²) in [7, 11) is 0. The summed E-state index contributed by atoms with van der Waals surface area (Å²) < 4.78 is 10.3. The number of benzene rings is 2. The molecule has 1 saturated heterocycles. The maximum atomic E-state index is 12.4. The summed E-state index contributed by atoms with van der Waals surface area (Å²) in [5.74, 6) is -0.877. The second kappa shape index (κ2) is 15.1. The van der Waals surface area contributed by atoms with Gasteiger partial charge in [0.25, 0.3) is 5.91 Å². The number of hydrogen-bond acceptors (Lipinski definition) is 6. The van der Waals surface area contributed by atoms with E-state index in [0.717, 1.165) is 37.1 Å². The van der Waals surface area contributed by atoms with Gasteiger partial charge in [0.05, 0.1) is 5.56 Å². The Morgan fingerprint density at radius 3 is 1.44 bits per heavy atom. The number of amides is 3. The third-order valence-electron chi connectivity index (χ3n) is 5.72. The second-order valence-electron chi connectivity index (χ2n) is 11.8. The Balaban J connectivity index is 0.000000296. The number of aromatic carboxylic acids is 1. The molecule has 1 heterocycles. The molecular weight excluding hydrogens is 526 g/mol. The van der Waals surface area contributed by atoms with Crippen LogP contribution in [0.1, 0.15) is 92.6 Å². The Morgan fingerprint density at radius 2 is 1.07 bits per heavy atom. The van der Waals surface area contributed by atoms with Gasteiger partial charge in [-0.25, -0.2) is 14.4 Å². The van der Waals surface area contributed by atoms with Crippen molar-refractivity contribution in [1.82, 2.24) is 15.5 Å². The molecule has 3 amide bonds. The molecule has 10 heteroatoms. The number of nitrogens with zero attached hydrogens (tertiary/aromatic N) is 1. The fourth-order valence-corrected chi connectivity index (χ4v) is 3.79. The van der Waals surface area contributed by atoms with E-state index in [1.807, 2.05) is 49.9 Å². The van der Waals surface area contributed by atoms with Crippen LogP contribution >= 0.6 is 0 Å². The van der Waals surface area contributed by atoms with E-state index in [2.05, 4.69) is 10.6 Å². The number of carboxylic acids is 1. The Hall–Kier alpha value is -4.08. The van der Waals surface area contributed by atoms with Gasteiger partial charge in [-0.15, -0.1) is 0 Å². The van der Waals surface area contributed by atoms with Gasteiger partial charge in [-0.2, -0.15) is 0 Å². The quantitative estimate of drug-likeness (QED) is 0.403. The maximum Gasteiger partial charge on any atom is 0.407 e. The van der Waals surface area contributed by atoms with Gasteiger partial charge in [0.1, 0.15) is 11.2 Å². The molecule has 41 heavy (non-hydrogen) atoms. The van der Waals surface area contributed by atoms with Crippen molar-refractivity contribution in [3.63, 3.8) is 0 Å². The first-order valence-corrected chi connectivity index (χ1v) is 13.8. The number of piperidine rings is 1. The highest BCUT2D eigenvalue weighted by molar-refractivity contribution is 5.94. The van der Waals surface area contributed by atoms with Crippen LogP contribution in [0, 0.1) is 0 Å². The van der Waals surface area contributed by atoms with E-state index in [1.54, 1.807) is 32.9 Å². The summed E-state index contributed by atoms with van der Waals surface area (Å²) in [6, 6.07) is 13.7. The number of hydrogen-bond donors (Lipinski definition) is 3. The molecule has 0 bridgehead atoms. The number of carboxylic acid groups (broad SMARTS) is 1. The van der Waals surface area contributed by atoms with Crippen LogP contribution in [0.3, 0.4) is 0 Å². The molecule has 0 aromatic heterocycles. The van der Waals surface area contributed by atoms with E-state index in [4.69, 9.17) is 14.6 Å². The average Bonchev–Trinajstić information content (AvgIpc) is 2.90. The molecule has 1 fully saturated rings. The van der Waals surface area contributed by atoms with Crippen LogP contribution in [0.15, 0.2) is 48.5 Å². The van der Waals surface area contributed by atoms with Crippen molar-refractivity contribution in [3.05, 3.63) is 70.8 Å². The van der Waals surface area contributed by atoms with E-state index >= 15 is 0 Å². The highest BCUT2D eigenvalue weighted by Crippen LogP contribution is 2.14. The first-order chi connectivity index (χ1) is 19.1. The number of rotatable bonds is 6. The molecule has 2 aromatic rings. The van der Waals surface area contributed by atoms with Crippen LogP contribution in [-0.2, 0) is 22.6 Å². The SMILES string of the molecule is CC(C)(C)OC(=O)NCc1ccc(C(=O)N2CCCCC2)cc1.CC(C)(C)OC(=O)NCc1ccc(C(=O)O)cc1. The molecular formula is C31H43N3O7. The van der Waals surface area contributed by atoms with Crippen molar-refractivity contribution < 1.29 is 33.8 Å². The molecule has 0 unspecified atom stereocenters. The molecule has 10 nitrogen and oxygen atoms in total. The maximum absolute atomic E-state index is 12.4. The van der Waals surface area contributed by atoms with Crippen molar-refractivity contribution in [2.24, 2.45) is 0 Å². The van der Waals surface area contributed by atoms with Gasteiger partial charge in [-0.1, -0.05) is 24.3 Å². The van der Waals surface area contributed by atoms with Crippen molar-refractivity contribution in [3.8, 4) is 0 Å². The molecule has 1 aliphatic heterocycles. The molecule has 3 rings (SSSR count). The molecule has 0 aliphatic carbocycles. The predicted molar refractivity (Wildman–Crippen MR) is 156 cm³/mol. The van der Waals surface area contributed by atoms with Gasteiger partial charge in [0, 0.05) is 31.7 Å². The normalized spacial score (nSPS) is 13.3. The van der Waals surface area contributed by atoms with Crippen LogP contribution < -0.4 is 10.6 Å². The highest BCUT2D eigenvalue weighted by Gasteiger charge is 2.19. The van der Waals surface area contributed by atoms with Crippen LogP contribution in [0.4, 0.5) is 9.59 Å². The molecule has 1 aliphatic rings. The van der Waals surface area contributed by atoms with Crippen LogP contribution in [0.25, 0.3) is 0 Å². The second-order valence-corrected chi connectivity index (χ2v) is 11.8. The molecule has 3 N–H and O–H groups in total. The summed E-state index contributed by atoms with van der Waals surface area (Å²) in [6.07, 6.45) is 2.45. The largest absolute Gasteiger partial charge is 0.478 e. The Morgan fingerprint density at radius 1 is 0.683 bits per heavy atom. The van der Waals surface area contributed by atoms with Crippen molar-refractivity contribution in [2.75, 3.05) is 13.1 Å². The lowest BCUT2D eigenvalue weighted by Crippen LogP contribution is -2.35. The Labute approximate surface area is 242 Å². The minimum atomic E-state index is -0.971. The van der Waals surface area contributed by atoms with Crippen molar-refractivity contribution in [1.29, 1.82) is 0 Å². The smallest absolute Gasteiger partial charge is 0.407 e. The van der Waals surface area contributed by atoms with Gasteiger partial charge in [0.2, 0.25) is 0 Å². The minimum absolute atomic E-state index is 0.0938. The van der Waals surface area contributed by atoms with Gasteiger partial charge in [0.15, 0.2) is 0 Å². The van der Waals surface area contributed by atoms with Crippen LogP contribution in [-0.4, -0.2) is 58.4 Å². The first kappa shape index (κ1) is 33.1. The van der Waals surface area contributed by atoms with E-state index in [-0.39, 0.29) is 11.5 Å². The van der Waals surface area contributed by atoms with Crippen LogP contribution in [0.2, 0.25) is 0 Å². The molecule has 0 radical (unpaired) electrons. The van der Waals surface area contributed by atoms with E-state index in [0.29, 0.717) is 18.7 Å². The van der Waals surface area contributed by atoms with E-state index in [1.165, 1.54) is 18.6 Å². The Bertz CT molecular complexity index is 1160. The lowest BCUT2D eigenvalue weighted by atomic mass is 10.1. The highest BCUT2D eigenvalue weighted by atomic mass is 16.6. The summed E-state index contributed by atoms with van der Waals surface area (Å²) in [6.45, 7) is 13.2. The molecule has 2 aromatic carbocycles. The topological polar surface area (TPSA) is 134 Å². The molecule has 0 spiro atoms. The van der Waals surface area contributed by atoms with Crippen molar-refractivity contribution >= 4 is 24.1 Å². The molecule has 0 atom stereocenters. The Kier molecular flexibility index (Phi) is 12.2. The number of nitrogens with one attached hydrogen (secondary N) is 2. The number of ether oxygens (including phenoxy) is 2. The zero-order valence-corrected chi connectivity index (χ0v) is 24.9. The lowest BCUT2D eigenvalue weighted by molar-refractivity contribution is 0.0512. The number of carbonyl (C=O) groups is 4. The number of carbonyl (C=O) groups excluding carboxylic acids is 3. The monoisotopic (exact) mass is 569 g/mol. The third-order valence-corrected chi connectivity index (χ3v) is 5.72. The predicted octanol–water partition coefficient (Wildman–Crippen LogP) is 5.75. The summed E-state index contributed by atoms with van der Waals surface area (Å²) in [5, 5.41) is 14.0. The third kappa shape index (κ3) is 13.2.